The van der Waals surface area contributed by atoms with Gasteiger partial charge in [0.1, 0.15) is 5.15 Å². The second-order valence-corrected chi connectivity index (χ2v) is 4.63. The fraction of sp³-hybridized carbons (Fsp3) is 0.400. The van der Waals surface area contributed by atoms with Crippen molar-refractivity contribution in [2.24, 2.45) is 0 Å². The number of anilines is 1. The van der Waals surface area contributed by atoms with E-state index in [1.54, 1.807) is 20.8 Å². The molecule has 1 aromatic rings. The Kier molecular flexibility index (Phi) is 3.38. The molecule has 88 valence electrons. The van der Waals surface area contributed by atoms with Gasteiger partial charge in [0.25, 0.3) is 0 Å². The number of nitrogens with zero attached hydrogens (tertiary/aromatic N) is 2. The van der Waals surface area contributed by atoms with Crippen LogP contribution in [0.3, 0.4) is 0 Å². The molecular weight excluding hydrogens is 235 g/mol. The topological polar surface area (TPSA) is 53.4 Å². The Hall–Kier alpha value is -1.36. The van der Waals surface area contributed by atoms with Crippen molar-refractivity contribution in [2.45, 2.75) is 26.3 Å². The summed E-state index contributed by atoms with van der Waals surface area (Å²) in [6.45, 7) is 4.98. The number of aromatic nitrogens is 1. The monoisotopic (exact) mass is 246 g/mol. The molecule has 1 amide bonds. The molecule has 1 rings (SSSR count). The zero-order valence-corrected chi connectivity index (χ0v) is 9.92. The third kappa shape index (κ3) is 2.61. The summed E-state index contributed by atoms with van der Waals surface area (Å²) in [5, 5.41) is 9.12. The van der Waals surface area contributed by atoms with Gasteiger partial charge in [0.2, 0.25) is 0 Å². The molecule has 0 aliphatic heterocycles. The molecule has 1 heterocycles. The van der Waals surface area contributed by atoms with Crippen LogP contribution in [0.25, 0.3) is 0 Å². The molecule has 0 aromatic carbocycles. The summed E-state index contributed by atoms with van der Waals surface area (Å²) in [6, 6.07) is 1.19. The van der Waals surface area contributed by atoms with E-state index < -0.39 is 17.4 Å². The van der Waals surface area contributed by atoms with Crippen LogP contribution in [-0.2, 0) is 0 Å². The number of rotatable bonds is 1. The quantitative estimate of drug-likeness (QED) is 0.775. The van der Waals surface area contributed by atoms with Crippen molar-refractivity contribution in [2.75, 3.05) is 4.90 Å². The molecule has 0 radical (unpaired) electrons. The lowest BCUT2D eigenvalue weighted by Gasteiger charge is -2.33. The van der Waals surface area contributed by atoms with Crippen molar-refractivity contribution < 1.29 is 14.3 Å². The van der Waals surface area contributed by atoms with Gasteiger partial charge in [-0.2, -0.15) is 0 Å². The van der Waals surface area contributed by atoms with E-state index in [0.717, 1.165) is 11.1 Å². The van der Waals surface area contributed by atoms with Gasteiger partial charge in [0.05, 0.1) is 11.9 Å². The summed E-state index contributed by atoms with van der Waals surface area (Å²) >= 11 is 5.62. The lowest BCUT2D eigenvalue weighted by atomic mass is 10.1. The normalized spacial score (nSPS) is 11.3. The van der Waals surface area contributed by atoms with Gasteiger partial charge in [-0.15, -0.1) is 0 Å². The molecule has 0 saturated heterocycles. The zero-order valence-electron chi connectivity index (χ0n) is 9.16. The Morgan fingerprint density at radius 3 is 2.56 bits per heavy atom. The lowest BCUT2D eigenvalue weighted by molar-refractivity contribution is 0.195. The summed E-state index contributed by atoms with van der Waals surface area (Å²) in [6.07, 6.45) is -0.340. The summed E-state index contributed by atoms with van der Waals surface area (Å²) < 4.78 is 13.5. The molecule has 0 atom stereocenters. The van der Waals surface area contributed by atoms with Crippen molar-refractivity contribution in [3.05, 3.63) is 23.2 Å². The molecule has 16 heavy (non-hydrogen) atoms. The maximum absolute atomic E-state index is 13.5. The number of carbonyl (C=O) groups is 1. The molecule has 1 N–H and O–H groups in total. The van der Waals surface area contributed by atoms with Gasteiger partial charge in [0.15, 0.2) is 5.82 Å². The van der Waals surface area contributed by atoms with Crippen LogP contribution < -0.4 is 4.90 Å². The Morgan fingerprint density at radius 1 is 1.56 bits per heavy atom. The summed E-state index contributed by atoms with van der Waals surface area (Å²) in [7, 11) is 0. The highest BCUT2D eigenvalue weighted by Gasteiger charge is 2.30. The second-order valence-electron chi connectivity index (χ2n) is 4.25. The van der Waals surface area contributed by atoms with E-state index in [0.29, 0.717) is 0 Å². The first-order valence-electron chi connectivity index (χ1n) is 4.57. The largest absolute Gasteiger partial charge is 0.465 e. The van der Waals surface area contributed by atoms with E-state index in [-0.39, 0.29) is 10.8 Å². The molecule has 0 fully saturated rings. The molecule has 0 bridgehead atoms. The average Bonchev–Trinajstić information content (AvgIpc) is 2.08. The minimum Gasteiger partial charge on any atom is -0.465 e. The number of hydrogen-bond donors (Lipinski definition) is 1. The predicted octanol–water partition coefficient (Wildman–Crippen LogP) is 3.16. The third-order valence-corrected chi connectivity index (χ3v) is 2.11. The van der Waals surface area contributed by atoms with Crippen molar-refractivity contribution in [1.82, 2.24) is 4.98 Å². The Bertz CT molecular complexity index is 418. The van der Waals surface area contributed by atoms with Crippen LogP contribution >= 0.6 is 11.6 Å². The first-order valence-corrected chi connectivity index (χ1v) is 4.95. The molecule has 6 heteroatoms. The first-order chi connectivity index (χ1) is 7.23. The molecule has 0 unspecified atom stereocenters. The number of pyridine rings is 1. The summed E-state index contributed by atoms with van der Waals surface area (Å²) in [5.41, 5.74) is -0.864. The molecular formula is C10H12ClFN2O2. The number of hydrogen-bond acceptors (Lipinski definition) is 2. The van der Waals surface area contributed by atoms with Gasteiger partial charge in [0, 0.05) is 11.6 Å². The minimum absolute atomic E-state index is 0.0481. The van der Waals surface area contributed by atoms with E-state index in [9.17, 15) is 9.18 Å². The lowest BCUT2D eigenvalue weighted by Crippen LogP contribution is -2.45. The van der Waals surface area contributed by atoms with Gasteiger partial charge in [-0.25, -0.2) is 14.2 Å². The van der Waals surface area contributed by atoms with Crippen LogP contribution in [-0.4, -0.2) is 21.7 Å². The summed E-state index contributed by atoms with van der Waals surface area (Å²) in [4.78, 5) is 15.6. The minimum atomic E-state index is -1.24. The van der Waals surface area contributed by atoms with Crippen LogP contribution in [0.1, 0.15) is 20.8 Å². The van der Waals surface area contributed by atoms with E-state index in [2.05, 4.69) is 4.98 Å². The summed E-state index contributed by atoms with van der Waals surface area (Å²) in [5.74, 6) is -0.721. The molecule has 0 spiro atoms. The van der Waals surface area contributed by atoms with Gasteiger partial charge >= 0.3 is 6.09 Å². The van der Waals surface area contributed by atoms with E-state index >= 15 is 0 Å². The zero-order chi connectivity index (χ0) is 12.5. The van der Waals surface area contributed by atoms with Crippen molar-refractivity contribution in [3.8, 4) is 0 Å². The van der Waals surface area contributed by atoms with Gasteiger partial charge in [-0.3, -0.25) is 4.90 Å². The Morgan fingerprint density at radius 2 is 2.12 bits per heavy atom. The number of amides is 1. The Balaban J connectivity index is 3.32. The molecule has 4 nitrogen and oxygen atoms in total. The maximum Gasteiger partial charge on any atom is 0.412 e. The van der Waals surface area contributed by atoms with Crippen molar-refractivity contribution in [3.63, 3.8) is 0 Å². The predicted molar refractivity (Wildman–Crippen MR) is 59.5 cm³/mol. The standard InChI is InChI=1S/C10H12ClFN2O2/c1-10(2,3)14(9(15)16)7-4-8(11)13-5-6(7)12/h4-5H,1-3H3,(H,15,16). The first kappa shape index (κ1) is 12.7. The molecule has 0 aliphatic carbocycles. The highest BCUT2D eigenvalue weighted by atomic mass is 35.5. The average molecular weight is 247 g/mol. The number of carboxylic acid groups (broad SMARTS) is 1. The number of halogens is 2. The third-order valence-electron chi connectivity index (χ3n) is 1.90. The van der Waals surface area contributed by atoms with Crippen molar-refractivity contribution in [1.29, 1.82) is 0 Å². The van der Waals surface area contributed by atoms with Crippen LogP contribution in [0.15, 0.2) is 12.3 Å². The fourth-order valence-corrected chi connectivity index (χ4v) is 1.48. The van der Waals surface area contributed by atoms with E-state index in [1.807, 2.05) is 0 Å². The SMILES string of the molecule is CC(C)(C)N(C(=O)O)c1cc(Cl)ncc1F. The van der Waals surface area contributed by atoms with E-state index in [4.69, 9.17) is 16.7 Å². The van der Waals surface area contributed by atoms with Crippen LogP contribution in [0, 0.1) is 5.82 Å². The highest BCUT2D eigenvalue weighted by Crippen LogP contribution is 2.28. The van der Waals surface area contributed by atoms with Crippen LogP contribution in [0.2, 0.25) is 5.15 Å². The molecule has 0 aliphatic rings. The van der Waals surface area contributed by atoms with Gasteiger partial charge in [-0.1, -0.05) is 11.6 Å². The van der Waals surface area contributed by atoms with Crippen LogP contribution in [0.5, 0.6) is 0 Å². The van der Waals surface area contributed by atoms with Crippen LogP contribution in [0.4, 0.5) is 14.9 Å². The highest BCUT2D eigenvalue weighted by molar-refractivity contribution is 6.29. The smallest absolute Gasteiger partial charge is 0.412 e. The van der Waals surface area contributed by atoms with Crippen molar-refractivity contribution >= 4 is 23.4 Å². The van der Waals surface area contributed by atoms with Gasteiger partial charge < -0.3 is 5.11 Å². The maximum atomic E-state index is 13.5. The molecule has 1 aromatic heterocycles. The second kappa shape index (κ2) is 4.25. The molecule has 0 saturated carbocycles. The van der Waals surface area contributed by atoms with E-state index in [1.165, 1.54) is 6.07 Å². The fourth-order valence-electron chi connectivity index (χ4n) is 1.33. The Labute approximate surface area is 97.7 Å². The van der Waals surface area contributed by atoms with Gasteiger partial charge in [-0.05, 0) is 20.8 Å².